The first-order chi connectivity index (χ1) is 15.3. The highest BCUT2D eigenvalue weighted by atomic mass is 35.5. The van der Waals surface area contributed by atoms with Gasteiger partial charge in [0.2, 0.25) is 0 Å². The normalized spacial score (nSPS) is 18.0. The number of nitrogens with zero attached hydrogens (tertiary/aromatic N) is 3. The minimum absolute atomic E-state index is 0.0206. The molecule has 4 rings (SSSR count). The zero-order chi connectivity index (χ0) is 22.8. The lowest BCUT2D eigenvalue weighted by Gasteiger charge is -2.33. The van der Waals surface area contributed by atoms with Crippen LogP contribution < -0.4 is 20.5 Å². The van der Waals surface area contributed by atoms with Gasteiger partial charge in [0.1, 0.15) is 24.9 Å². The quantitative estimate of drug-likeness (QED) is 0.455. The Bertz CT molecular complexity index is 1130. The van der Waals surface area contributed by atoms with E-state index in [0.29, 0.717) is 34.8 Å². The molecule has 3 aromatic rings. The Hall–Kier alpha value is -2.39. The summed E-state index contributed by atoms with van der Waals surface area (Å²) in [6.45, 7) is 1.24. The fraction of sp³-hybridized carbons (Fsp3) is 0.364. The minimum atomic E-state index is -0.658. The van der Waals surface area contributed by atoms with Crippen LogP contribution in [0.2, 0.25) is 10.0 Å². The lowest BCUT2D eigenvalue weighted by atomic mass is 9.90. The van der Waals surface area contributed by atoms with E-state index in [1.54, 1.807) is 6.07 Å². The Morgan fingerprint density at radius 2 is 1.97 bits per heavy atom. The fourth-order valence-corrected chi connectivity index (χ4v) is 3.65. The predicted molar refractivity (Wildman–Crippen MR) is 125 cm³/mol. The number of fused-ring (bicyclic) bond motifs is 1. The highest BCUT2D eigenvalue weighted by molar-refractivity contribution is 6.42. The molecule has 0 radical (unpaired) electrons. The smallest absolute Gasteiger partial charge is 0.166 e. The molecule has 1 aliphatic carbocycles. The van der Waals surface area contributed by atoms with Crippen LogP contribution in [-0.4, -0.2) is 54.3 Å². The number of hydrogen-bond acceptors (Lipinski definition) is 7. The zero-order valence-electron chi connectivity index (χ0n) is 17.7. The molecular formula is C22H24Cl2FN5O2. The van der Waals surface area contributed by atoms with Crippen LogP contribution in [0.15, 0.2) is 30.6 Å². The fourth-order valence-electron chi connectivity index (χ4n) is 3.34. The molecule has 0 atom stereocenters. The van der Waals surface area contributed by atoms with Crippen LogP contribution in [0, 0.1) is 5.82 Å². The topological polar surface area (TPSA) is 85.5 Å². The Balaban J connectivity index is 1.69. The van der Waals surface area contributed by atoms with Gasteiger partial charge in [0.05, 0.1) is 21.2 Å². The third kappa shape index (κ3) is 4.99. The van der Waals surface area contributed by atoms with Crippen LogP contribution in [0.3, 0.4) is 0 Å². The highest BCUT2D eigenvalue weighted by Gasteiger charge is 2.29. The Kier molecular flexibility index (Phi) is 6.85. The third-order valence-electron chi connectivity index (χ3n) is 5.21. The number of rotatable bonds is 8. The second kappa shape index (κ2) is 9.62. The molecule has 2 aromatic carbocycles. The molecule has 1 saturated carbocycles. The van der Waals surface area contributed by atoms with Gasteiger partial charge in [-0.2, -0.15) is 0 Å². The predicted octanol–water partition coefficient (Wildman–Crippen LogP) is 4.63. The number of benzene rings is 2. The first-order valence-electron chi connectivity index (χ1n) is 10.2. The molecule has 0 bridgehead atoms. The summed E-state index contributed by atoms with van der Waals surface area (Å²) in [7, 11) is 3.95. The number of nitrogens with two attached hydrogens (primary N) is 1. The van der Waals surface area contributed by atoms with Gasteiger partial charge >= 0.3 is 0 Å². The number of aromatic nitrogens is 2. The van der Waals surface area contributed by atoms with E-state index in [1.165, 1.54) is 18.5 Å². The van der Waals surface area contributed by atoms with Crippen molar-refractivity contribution in [3.63, 3.8) is 0 Å². The van der Waals surface area contributed by atoms with Crippen LogP contribution in [0.1, 0.15) is 12.8 Å². The molecule has 0 spiro atoms. The van der Waals surface area contributed by atoms with Crippen molar-refractivity contribution in [3.8, 4) is 11.5 Å². The van der Waals surface area contributed by atoms with E-state index < -0.39 is 5.82 Å². The average Bonchev–Trinajstić information content (AvgIpc) is 2.73. The molecule has 0 amide bonds. The molecule has 170 valence electrons. The van der Waals surface area contributed by atoms with Crippen LogP contribution in [0.25, 0.3) is 10.9 Å². The molecule has 32 heavy (non-hydrogen) atoms. The van der Waals surface area contributed by atoms with Gasteiger partial charge in [-0.05, 0) is 45.1 Å². The van der Waals surface area contributed by atoms with Crippen molar-refractivity contribution in [2.75, 3.05) is 32.6 Å². The Morgan fingerprint density at radius 1 is 1.19 bits per heavy atom. The van der Waals surface area contributed by atoms with Crippen LogP contribution in [0.5, 0.6) is 11.5 Å². The molecule has 7 nitrogen and oxygen atoms in total. The number of anilines is 2. The maximum atomic E-state index is 14.6. The van der Waals surface area contributed by atoms with Gasteiger partial charge in [0, 0.05) is 24.0 Å². The van der Waals surface area contributed by atoms with Crippen molar-refractivity contribution >= 4 is 45.6 Å². The summed E-state index contributed by atoms with van der Waals surface area (Å²) >= 11 is 11.8. The minimum Gasteiger partial charge on any atom is -0.488 e. The summed E-state index contributed by atoms with van der Waals surface area (Å²) in [6, 6.07) is 6.78. The van der Waals surface area contributed by atoms with Crippen LogP contribution in [-0.2, 0) is 0 Å². The van der Waals surface area contributed by atoms with E-state index in [9.17, 15) is 4.39 Å². The molecule has 0 unspecified atom stereocenters. The molecule has 1 fully saturated rings. The molecule has 0 aliphatic heterocycles. The number of hydrogen-bond donors (Lipinski definition) is 2. The molecule has 10 heteroatoms. The molecule has 0 saturated heterocycles. The largest absolute Gasteiger partial charge is 0.488 e. The highest BCUT2D eigenvalue weighted by Crippen LogP contribution is 2.38. The van der Waals surface area contributed by atoms with E-state index >= 15 is 0 Å². The number of likely N-dealkylation sites (N-methyl/N-ethyl adjacent to an activating group) is 1. The van der Waals surface area contributed by atoms with E-state index in [4.69, 9.17) is 38.4 Å². The second-order valence-corrected chi connectivity index (χ2v) is 8.79. The monoisotopic (exact) mass is 479 g/mol. The summed E-state index contributed by atoms with van der Waals surface area (Å²) < 4.78 is 26.7. The Labute approximate surface area is 195 Å². The molecule has 1 aliphatic rings. The van der Waals surface area contributed by atoms with Gasteiger partial charge in [-0.25, -0.2) is 14.4 Å². The molecule has 3 N–H and O–H groups in total. The summed E-state index contributed by atoms with van der Waals surface area (Å²) in [5.74, 6) is 0.905. The van der Waals surface area contributed by atoms with Crippen molar-refractivity contribution in [2.45, 2.75) is 25.0 Å². The van der Waals surface area contributed by atoms with Crippen LogP contribution >= 0.6 is 23.2 Å². The summed E-state index contributed by atoms with van der Waals surface area (Å²) in [6.07, 6.45) is 2.97. The molecule has 1 heterocycles. The van der Waals surface area contributed by atoms with Gasteiger partial charge in [-0.3, -0.25) is 0 Å². The lowest BCUT2D eigenvalue weighted by Crippen LogP contribution is -2.43. The van der Waals surface area contributed by atoms with Gasteiger partial charge in [-0.1, -0.05) is 23.2 Å². The zero-order valence-corrected chi connectivity index (χ0v) is 19.3. The standard InChI is InChI=1S/C22H24Cl2FN5O2/c1-30(2)5-6-31-18-10-17-14(9-19(18)32-13-7-12(26)8-13)22(28-11-27-17)29-16-4-3-15(23)20(24)21(16)25/h3-4,9-13H,5-8,26H2,1-2H3,(H,27,28,29). The second-order valence-electron chi connectivity index (χ2n) is 8.01. The van der Waals surface area contributed by atoms with Crippen molar-refractivity contribution < 1.29 is 13.9 Å². The number of halogens is 3. The van der Waals surface area contributed by atoms with Crippen molar-refractivity contribution in [3.05, 3.63) is 46.5 Å². The summed E-state index contributed by atoms with van der Waals surface area (Å²) in [4.78, 5) is 10.7. The van der Waals surface area contributed by atoms with Crippen LogP contribution in [0.4, 0.5) is 15.9 Å². The van der Waals surface area contributed by atoms with Gasteiger partial charge in [0.25, 0.3) is 0 Å². The van der Waals surface area contributed by atoms with E-state index in [1.807, 2.05) is 25.1 Å². The van der Waals surface area contributed by atoms with E-state index in [2.05, 4.69) is 15.3 Å². The maximum absolute atomic E-state index is 14.6. The van der Waals surface area contributed by atoms with Gasteiger partial charge in [-0.15, -0.1) is 0 Å². The molecule has 1 aromatic heterocycles. The Morgan fingerprint density at radius 3 is 2.69 bits per heavy atom. The van der Waals surface area contributed by atoms with E-state index in [-0.39, 0.29) is 27.9 Å². The SMILES string of the molecule is CN(C)CCOc1cc2ncnc(Nc3ccc(Cl)c(Cl)c3F)c2cc1OC1CC(N)C1. The summed E-state index contributed by atoms with van der Waals surface area (Å²) in [5, 5.41) is 3.61. The number of nitrogens with one attached hydrogen (secondary N) is 1. The average molecular weight is 480 g/mol. The van der Waals surface area contributed by atoms with E-state index in [0.717, 1.165) is 19.4 Å². The van der Waals surface area contributed by atoms with Gasteiger partial charge < -0.3 is 25.4 Å². The molecular weight excluding hydrogens is 456 g/mol. The lowest BCUT2D eigenvalue weighted by molar-refractivity contribution is 0.0958. The van der Waals surface area contributed by atoms with Crippen molar-refractivity contribution in [1.29, 1.82) is 0 Å². The maximum Gasteiger partial charge on any atom is 0.166 e. The number of ether oxygens (including phenoxy) is 2. The van der Waals surface area contributed by atoms with Crippen molar-refractivity contribution in [2.24, 2.45) is 5.73 Å². The summed E-state index contributed by atoms with van der Waals surface area (Å²) in [5.41, 5.74) is 6.69. The first kappa shape index (κ1) is 22.8. The first-order valence-corrected chi connectivity index (χ1v) is 11.0. The third-order valence-corrected chi connectivity index (χ3v) is 5.99. The van der Waals surface area contributed by atoms with Crippen molar-refractivity contribution in [1.82, 2.24) is 14.9 Å². The van der Waals surface area contributed by atoms with Gasteiger partial charge in [0.15, 0.2) is 17.3 Å².